The van der Waals surface area contributed by atoms with Crippen molar-refractivity contribution in [2.75, 3.05) is 5.32 Å². The molecule has 1 aliphatic carbocycles. The Morgan fingerprint density at radius 1 is 1.30 bits per heavy atom. The topological polar surface area (TPSA) is 47.7 Å². The molecule has 0 aromatic carbocycles. The van der Waals surface area contributed by atoms with Crippen LogP contribution in [0.3, 0.4) is 0 Å². The zero-order valence-corrected chi connectivity index (χ0v) is 12.3. The normalized spacial score (nSPS) is 16.5. The van der Waals surface area contributed by atoms with Gasteiger partial charge in [0.1, 0.15) is 0 Å². The van der Waals surface area contributed by atoms with Gasteiger partial charge < -0.3 is 5.32 Å². The first kappa shape index (κ1) is 13.2. The maximum absolute atomic E-state index is 4.51. The van der Waals surface area contributed by atoms with Crippen molar-refractivity contribution in [1.29, 1.82) is 0 Å². The van der Waals surface area contributed by atoms with Crippen LogP contribution in [0.5, 0.6) is 0 Å². The molecule has 1 aliphatic rings. The Kier molecular flexibility index (Phi) is 3.76. The van der Waals surface area contributed by atoms with Gasteiger partial charge in [0.25, 0.3) is 0 Å². The lowest BCUT2D eigenvalue weighted by Crippen LogP contribution is -2.24. The smallest absolute Gasteiger partial charge is 0.207 e. The lowest BCUT2D eigenvalue weighted by molar-refractivity contribution is 0.460. The van der Waals surface area contributed by atoms with Crippen molar-refractivity contribution in [2.24, 2.45) is 7.05 Å². The van der Waals surface area contributed by atoms with Gasteiger partial charge in [0.15, 0.2) is 0 Å². The molecule has 0 aliphatic heterocycles. The number of anilines is 1. The molecular formula is C15H23N5. The molecule has 2 heterocycles. The predicted octanol–water partition coefficient (Wildman–Crippen LogP) is 2.91. The third-order valence-corrected chi connectivity index (χ3v) is 4.06. The van der Waals surface area contributed by atoms with Gasteiger partial charge in [-0.25, -0.2) is 4.98 Å². The van der Waals surface area contributed by atoms with E-state index in [1.165, 1.54) is 32.1 Å². The number of aromatic nitrogens is 4. The predicted molar refractivity (Wildman–Crippen MR) is 80.2 cm³/mol. The van der Waals surface area contributed by atoms with Gasteiger partial charge in [-0.1, -0.05) is 26.2 Å². The van der Waals surface area contributed by atoms with Crippen molar-refractivity contribution >= 4 is 5.95 Å². The molecule has 0 bridgehead atoms. The number of aryl methyl sites for hydroxylation is 2. The summed E-state index contributed by atoms with van der Waals surface area (Å²) in [5.41, 5.74) is 2.24. The summed E-state index contributed by atoms with van der Waals surface area (Å²) in [6, 6.07) is 0.562. The molecule has 0 spiro atoms. The number of imidazole rings is 1. The molecule has 0 radical (unpaired) electrons. The highest BCUT2D eigenvalue weighted by molar-refractivity contribution is 5.44. The van der Waals surface area contributed by atoms with Crippen LogP contribution in [0.25, 0.3) is 5.69 Å². The van der Waals surface area contributed by atoms with E-state index in [0.29, 0.717) is 6.04 Å². The molecule has 3 rings (SSSR count). The fraction of sp³-hybridized carbons (Fsp3) is 0.600. The third-order valence-electron chi connectivity index (χ3n) is 4.06. The molecule has 1 N–H and O–H groups in total. The van der Waals surface area contributed by atoms with Crippen LogP contribution in [-0.4, -0.2) is 25.4 Å². The van der Waals surface area contributed by atoms with Crippen LogP contribution in [0.4, 0.5) is 5.95 Å². The zero-order valence-electron chi connectivity index (χ0n) is 12.3. The van der Waals surface area contributed by atoms with Crippen molar-refractivity contribution in [2.45, 2.75) is 51.5 Å². The maximum atomic E-state index is 4.51. The summed E-state index contributed by atoms with van der Waals surface area (Å²) >= 11 is 0. The Hall–Kier alpha value is -1.78. The van der Waals surface area contributed by atoms with Gasteiger partial charge in [-0.15, -0.1) is 0 Å². The Morgan fingerprint density at radius 3 is 2.85 bits per heavy atom. The van der Waals surface area contributed by atoms with E-state index in [4.69, 9.17) is 0 Å². The summed E-state index contributed by atoms with van der Waals surface area (Å²) in [5.74, 6) is 0.944. The van der Waals surface area contributed by atoms with E-state index < -0.39 is 0 Å². The number of nitrogens with one attached hydrogen (secondary N) is 1. The average Bonchev–Trinajstić information content (AvgIpc) is 3.06. The van der Waals surface area contributed by atoms with Crippen LogP contribution in [0.15, 0.2) is 18.6 Å². The van der Waals surface area contributed by atoms with Gasteiger partial charge in [-0.3, -0.25) is 9.25 Å². The van der Waals surface area contributed by atoms with Gasteiger partial charge in [0.05, 0.1) is 11.4 Å². The second-order valence-electron chi connectivity index (χ2n) is 5.59. The summed E-state index contributed by atoms with van der Waals surface area (Å²) in [4.78, 5) is 4.49. The quantitative estimate of drug-likeness (QED) is 0.931. The summed E-state index contributed by atoms with van der Waals surface area (Å²) in [5, 5.41) is 8.12. The highest BCUT2D eigenvalue weighted by Crippen LogP contribution is 2.23. The Balaban J connectivity index is 1.85. The average molecular weight is 273 g/mol. The molecule has 2 aromatic heterocycles. The highest BCUT2D eigenvalue weighted by Gasteiger charge is 2.17. The van der Waals surface area contributed by atoms with Crippen molar-refractivity contribution in [3.8, 4) is 5.69 Å². The Morgan fingerprint density at radius 2 is 2.10 bits per heavy atom. The number of nitrogens with zero attached hydrogens (tertiary/aromatic N) is 4. The molecule has 1 fully saturated rings. The molecule has 108 valence electrons. The molecule has 0 unspecified atom stereocenters. The second-order valence-corrected chi connectivity index (χ2v) is 5.59. The molecule has 0 saturated heterocycles. The number of hydrogen-bond donors (Lipinski definition) is 1. The van der Waals surface area contributed by atoms with Crippen LogP contribution < -0.4 is 5.32 Å². The van der Waals surface area contributed by atoms with Crippen LogP contribution in [0.1, 0.15) is 44.7 Å². The van der Waals surface area contributed by atoms with E-state index in [1.807, 2.05) is 24.1 Å². The van der Waals surface area contributed by atoms with Crippen LogP contribution in [-0.2, 0) is 13.5 Å². The first-order valence-electron chi connectivity index (χ1n) is 7.60. The molecule has 2 aromatic rings. The van der Waals surface area contributed by atoms with E-state index in [9.17, 15) is 0 Å². The van der Waals surface area contributed by atoms with Gasteiger partial charge in [0, 0.05) is 31.7 Å². The molecule has 5 heteroatoms. The first-order chi connectivity index (χ1) is 9.78. The van der Waals surface area contributed by atoms with Crippen molar-refractivity contribution in [3.05, 3.63) is 24.3 Å². The molecule has 0 amide bonds. The van der Waals surface area contributed by atoms with Crippen LogP contribution >= 0.6 is 0 Å². The van der Waals surface area contributed by atoms with Gasteiger partial charge in [-0.05, 0) is 19.3 Å². The Labute approximate surface area is 120 Å². The molecular weight excluding hydrogens is 250 g/mol. The van der Waals surface area contributed by atoms with Crippen molar-refractivity contribution < 1.29 is 0 Å². The van der Waals surface area contributed by atoms with E-state index in [-0.39, 0.29) is 0 Å². The molecule has 0 atom stereocenters. The zero-order chi connectivity index (χ0) is 13.9. The monoisotopic (exact) mass is 273 g/mol. The van der Waals surface area contributed by atoms with E-state index >= 15 is 0 Å². The first-order valence-corrected chi connectivity index (χ1v) is 7.60. The van der Waals surface area contributed by atoms with E-state index in [0.717, 1.165) is 23.8 Å². The third kappa shape index (κ3) is 2.57. The van der Waals surface area contributed by atoms with Crippen LogP contribution in [0, 0.1) is 0 Å². The summed E-state index contributed by atoms with van der Waals surface area (Å²) in [6.45, 7) is 2.14. The number of rotatable bonds is 4. The van der Waals surface area contributed by atoms with Gasteiger partial charge >= 0.3 is 0 Å². The second kappa shape index (κ2) is 5.69. The minimum absolute atomic E-state index is 0.562. The molecule has 5 nitrogen and oxygen atoms in total. The fourth-order valence-electron chi connectivity index (χ4n) is 3.01. The lowest BCUT2D eigenvalue weighted by atomic mass is 9.96. The molecule has 20 heavy (non-hydrogen) atoms. The largest absolute Gasteiger partial charge is 0.353 e. The van der Waals surface area contributed by atoms with E-state index in [1.54, 1.807) is 0 Å². The fourth-order valence-corrected chi connectivity index (χ4v) is 3.01. The maximum Gasteiger partial charge on any atom is 0.207 e. The highest BCUT2D eigenvalue weighted by atomic mass is 15.3. The summed E-state index contributed by atoms with van der Waals surface area (Å²) < 4.78 is 4.00. The summed E-state index contributed by atoms with van der Waals surface area (Å²) in [7, 11) is 1.97. The van der Waals surface area contributed by atoms with Gasteiger partial charge in [0.2, 0.25) is 5.95 Å². The van der Waals surface area contributed by atoms with Crippen molar-refractivity contribution in [3.63, 3.8) is 0 Å². The van der Waals surface area contributed by atoms with Gasteiger partial charge in [-0.2, -0.15) is 5.10 Å². The summed E-state index contributed by atoms with van der Waals surface area (Å²) in [6.07, 6.45) is 13.4. The minimum atomic E-state index is 0.562. The SMILES string of the molecule is CCc1nn(C)cc1-n1ccnc1NC1CCCCC1. The minimum Gasteiger partial charge on any atom is -0.353 e. The molecule has 1 saturated carbocycles. The van der Waals surface area contributed by atoms with E-state index in [2.05, 4.69) is 33.1 Å². The van der Waals surface area contributed by atoms with Crippen molar-refractivity contribution in [1.82, 2.24) is 19.3 Å². The van der Waals surface area contributed by atoms with Crippen LogP contribution in [0.2, 0.25) is 0 Å². The Bertz CT molecular complexity index is 563. The standard InChI is InChI=1S/C15H23N5/c1-3-13-14(11-19(2)18-13)20-10-9-16-15(20)17-12-7-5-4-6-8-12/h9-12H,3-8H2,1-2H3,(H,16,17). The lowest BCUT2D eigenvalue weighted by Gasteiger charge is -2.23. The number of hydrogen-bond acceptors (Lipinski definition) is 3.